The van der Waals surface area contributed by atoms with E-state index < -0.39 is 0 Å². The van der Waals surface area contributed by atoms with Gasteiger partial charge in [-0.3, -0.25) is 0 Å². The normalized spacial score (nSPS) is 17.8. The van der Waals surface area contributed by atoms with Gasteiger partial charge in [0.25, 0.3) is 0 Å². The van der Waals surface area contributed by atoms with Crippen LogP contribution in [-0.4, -0.2) is 12.6 Å². The molecule has 0 spiro atoms. The van der Waals surface area contributed by atoms with Crippen LogP contribution in [0.3, 0.4) is 0 Å². The Morgan fingerprint density at radius 1 is 1.10 bits per heavy atom. The Kier molecular flexibility index (Phi) is 7.29. The summed E-state index contributed by atoms with van der Waals surface area (Å²) in [5.74, 6) is 0.978. The van der Waals surface area contributed by atoms with Crippen molar-refractivity contribution in [3.63, 3.8) is 0 Å². The van der Waals surface area contributed by atoms with Gasteiger partial charge in [0, 0.05) is 6.04 Å². The first-order valence-corrected chi connectivity index (χ1v) is 9.07. The lowest BCUT2D eigenvalue weighted by Gasteiger charge is -2.27. The molecular formula is C20H33N. The molecule has 0 radical (unpaired) electrons. The molecule has 1 unspecified atom stereocenters. The average molecular weight is 287 g/mol. The van der Waals surface area contributed by atoms with Gasteiger partial charge < -0.3 is 5.32 Å². The van der Waals surface area contributed by atoms with Crippen molar-refractivity contribution in [2.45, 2.75) is 77.7 Å². The van der Waals surface area contributed by atoms with Gasteiger partial charge in [0.1, 0.15) is 0 Å². The van der Waals surface area contributed by atoms with Crippen LogP contribution in [-0.2, 0) is 6.42 Å². The summed E-state index contributed by atoms with van der Waals surface area (Å²) in [6.07, 6.45) is 12.5. The van der Waals surface area contributed by atoms with Gasteiger partial charge in [0.15, 0.2) is 0 Å². The molecule has 118 valence electrons. The first kappa shape index (κ1) is 16.5. The molecule has 0 heterocycles. The topological polar surface area (TPSA) is 12.0 Å². The fourth-order valence-corrected chi connectivity index (χ4v) is 3.57. The number of hydrogen-bond acceptors (Lipinski definition) is 1. The molecule has 0 aliphatic heterocycles. The van der Waals surface area contributed by atoms with Gasteiger partial charge in [-0.05, 0) is 50.6 Å². The van der Waals surface area contributed by atoms with Gasteiger partial charge in [0.05, 0.1) is 0 Å². The monoisotopic (exact) mass is 287 g/mol. The van der Waals surface area contributed by atoms with Gasteiger partial charge in [-0.25, -0.2) is 0 Å². The third-order valence-corrected chi connectivity index (χ3v) is 4.93. The number of benzene rings is 1. The van der Waals surface area contributed by atoms with Gasteiger partial charge >= 0.3 is 0 Å². The highest BCUT2D eigenvalue weighted by molar-refractivity contribution is 5.21. The van der Waals surface area contributed by atoms with Crippen LogP contribution in [0.2, 0.25) is 0 Å². The molecule has 1 aliphatic rings. The van der Waals surface area contributed by atoms with Crippen molar-refractivity contribution in [1.29, 1.82) is 0 Å². The van der Waals surface area contributed by atoms with E-state index in [9.17, 15) is 0 Å². The maximum Gasteiger partial charge on any atom is 0.00728 e. The van der Waals surface area contributed by atoms with E-state index in [2.05, 4.69) is 43.4 Å². The van der Waals surface area contributed by atoms with Crippen molar-refractivity contribution in [3.05, 3.63) is 35.4 Å². The second-order valence-corrected chi connectivity index (χ2v) is 6.92. The van der Waals surface area contributed by atoms with Crippen LogP contribution in [0.15, 0.2) is 24.3 Å². The van der Waals surface area contributed by atoms with E-state index in [1.54, 1.807) is 0 Å². The Labute approximate surface area is 131 Å². The Morgan fingerprint density at radius 2 is 1.81 bits per heavy atom. The number of rotatable bonds is 8. The molecule has 0 bridgehead atoms. The van der Waals surface area contributed by atoms with Gasteiger partial charge in [-0.15, -0.1) is 0 Å². The van der Waals surface area contributed by atoms with Crippen molar-refractivity contribution >= 4 is 0 Å². The van der Waals surface area contributed by atoms with Crippen molar-refractivity contribution in [3.8, 4) is 0 Å². The Balaban J connectivity index is 1.81. The van der Waals surface area contributed by atoms with Crippen molar-refractivity contribution < 1.29 is 0 Å². The molecule has 1 heteroatoms. The smallest absolute Gasteiger partial charge is 0.00728 e. The Bertz CT molecular complexity index is 375. The molecule has 1 aromatic rings. The van der Waals surface area contributed by atoms with Crippen LogP contribution < -0.4 is 5.32 Å². The summed E-state index contributed by atoms with van der Waals surface area (Å²) in [5, 5.41) is 3.80. The van der Waals surface area contributed by atoms with Crippen molar-refractivity contribution in [2.24, 2.45) is 5.92 Å². The fraction of sp³-hybridized carbons (Fsp3) is 0.700. The van der Waals surface area contributed by atoms with Crippen molar-refractivity contribution in [1.82, 2.24) is 5.32 Å². The summed E-state index contributed by atoms with van der Waals surface area (Å²) in [5.41, 5.74) is 2.86. The summed E-state index contributed by atoms with van der Waals surface area (Å²) < 4.78 is 0. The van der Waals surface area contributed by atoms with Crippen molar-refractivity contribution in [2.75, 3.05) is 6.54 Å². The van der Waals surface area contributed by atoms with E-state index in [4.69, 9.17) is 0 Å². The summed E-state index contributed by atoms with van der Waals surface area (Å²) in [7, 11) is 0. The first-order valence-electron chi connectivity index (χ1n) is 9.07. The third-order valence-electron chi connectivity index (χ3n) is 4.93. The number of nitrogens with one attached hydrogen (secondary N) is 1. The second kappa shape index (κ2) is 9.25. The first-order chi connectivity index (χ1) is 10.3. The highest BCUT2D eigenvalue weighted by atomic mass is 14.9. The van der Waals surface area contributed by atoms with Crippen LogP contribution in [0, 0.1) is 12.8 Å². The summed E-state index contributed by atoms with van der Waals surface area (Å²) in [4.78, 5) is 0. The molecule has 0 amide bonds. The van der Waals surface area contributed by atoms with Gasteiger partial charge in [-0.2, -0.15) is 0 Å². The predicted molar refractivity (Wildman–Crippen MR) is 92.8 cm³/mol. The number of aryl methyl sites for hydroxylation is 2. The molecular weight excluding hydrogens is 254 g/mol. The lowest BCUT2D eigenvalue weighted by atomic mass is 9.83. The van der Waals surface area contributed by atoms with Gasteiger partial charge in [0.2, 0.25) is 0 Å². The molecule has 1 nitrogen and oxygen atoms in total. The zero-order valence-corrected chi connectivity index (χ0v) is 14.0. The standard InChI is InChI=1S/C20H33N/c1-3-15-21-20(16-19-7-5-4-6-8-19)14-13-18-11-9-17(2)10-12-18/h9-12,19-21H,3-8,13-16H2,1-2H3. The molecule has 21 heavy (non-hydrogen) atoms. The highest BCUT2D eigenvalue weighted by Gasteiger charge is 2.18. The summed E-state index contributed by atoms with van der Waals surface area (Å²) >= 11 is 0. The molecule has 1 saturated carbocycles. The molecule has 1 aromatic carbocycles. The molecule has 1 fully saturated rings. The lowest BCUT2D eigenvalue weighted by Crippen LogP contribution is -2.32. The Morgan fingerprint density at radius 3 is 2.48 bits per heavy atom. The minimum atomic E-state index is 0.717. The summed E-state index contributed by atoms with van der Waals surface area (Å²) in [6, 6.07) is 9.80. The molecule has 2 rings (SSSR count). The summed E-state index contributed by atoms with van der Waals surface area (Å²) in [6.45, 7) is 5.61. The Hall–Kier alpha value is -0.820. The average Bonchev–Trinajstić information content (AvgIpc) is 2.52. The molecule has 0 saturated heterocycles. The third kappa shape index (κ3) is 6.22. The molecule has 1 atom stereocenters. The minimum absolute atomic E-state index is 0.717. The van der Waals surface area contributed by atoms with Crippen LogP contribution in [0.5, 0.6) is 0 Å². The fourth-order valence-electron chi connectivity index (χ4n) is 3.57. The van der Waals surface area contributed by atoms with E-state index in [0.29, 0.717) is 6.04 Å². The van der Waals surface area contributed by atoms with E-state index in [1.807, 2.05) is 0 Å². The van der Waals surface area contributed by atoms with E-state index in [-0.39, 0.29) is 0 Å². The quantitative estimate of drug-likeness (QED) is 0.687. The predicted octanol–water partition coefficient (Wildman–Crippen LogP) is 5.27. The van der Waals surface area contributed by atoms with E-state index in [0.717, 1.165) is 5.92 Å². The van der Waals surface area contributed by atoms with E-state index in [1.165, 1.54) is 75.5 Å². The highest BCUT2D eigenvalue weighted by Crippen LogP contribution is 2.28. The van der Waals surface area contributed by atoms with Crippen LogP contribution in [0.1, 0.15) is 69.4 Å². The second-order valence-electron chi connectivity index (χ2n) is 6.92. The largest absolute Gasteiger partial charge is 0.314 e. The SMILES string of the molecule is CCCNC(CCc1ccc(C)cc1)CC1CCCCC1. The zero-order valence-electron chi connectivity index (χ0n) is 14.0. The molecule has 1 N–H and O–H groups in total. The molecule has 1 aliphatic carbocycles. The van der Waals surface area contributed by atoms with Gasteiger partial charge in [-0.1, -0.05) is 68.9 Å². The van der Waals surface area contributed by atoms with Crippen LogP contribution in [0.4, 0.5) is 0 Å². The van der Waals surface area contributed by atoms with Crippen LogP contribution in [0.25, 0.3) is 0 Å². The van der Waals surface area contributed by atoms with E-state index >= 15 is 0 Å². The lowest BCUT2D eigenvalue weighted by molar-refractivity contribution is 0.291. The molecule has 0 aromatic heterocycles. The zero-order chi connectivity index (χ0) is 14.9. The van der Waals surface area contributed by atoms with Crippen LogP contribution >= 0.6 is 0 Å². The number of hydrogen-bond donors (Lipinski definition) is 1. The maximum absolute atomic E-state index is 3.80. The minimum Gasteiger partial charge on any atom is -0.314 e. The maximum atomic E-state index is 3.80.